The summed E-state index contributed by atoms with van der Waals surface area (Å²) in [6, 6.07) is 9.03. The van der Waals surface area contributed by atoms with Crippen LogP contribution in [0.5, 0.6) is 0 Å². The van der Waals surface area contributed by atoms with E-state index in [0.717, 1.165) is 5.56 Å². The molecule has 1 amide bonds. The van der Waals surface area contributed by atoms with Crippen molar-refractivity contribution in [1.82, 2.24) is 5.32 Å². The highest BCUT2D eigenvalue weighted by atomic mass is 16.5. The van der Waals surface area contributed by atoms with Crippen LogP contribution in [-0.2, 0) is 14.3 Å². The Morgan fingerprint density at radius 1 is 1.32 bits per heavy atom. The molecule has 19 heavy (non-hydrogen) atoms. The third-order valence-electron chi connectivity index (χ3n) is 2.62. The second-order valence-corrected chi connectivity index (χ2v) is 4.10. The highest BCUT2D eigenvalue weighted by Gasteiger charge is 2.15. The highest BCUT2D eigenvalue weighted by Crippen LogP contribution is 2.18. The van der Waals surface area contributed by atoms with Crippen LogP contribution in [0.1, 0.15) is 31.4 Å². The van der Waals surface area contributed by atoms with Crippen LogP contribution in [0.15, 0.2) is 30.3 Å². The Balaban J connectivity index is 2.64. The highest BCUT2D eigenvalue weighted by molar-refractivity contribution is 5.77. The van der Waals surface area contributed by atoms with E-state index in [4.69, 9.17) is 9.84 Å². The molecule has 5 heteroatoms. The van der Waals surface area contributed by atoms with Crippen LogP contribution in [-0.4, -0.2) is 30.2 Å². The van der Waals surface area contributed by atoms with Crippen LogP contribution in [0.3, 0.4) is 0 Å². The maximum Gasteiger partial charge on any atom is 0.303 e. The zero-order valence-corrected chi connectivity index (χ0v) is 11.0. The van der Waals surface area contributed by atoms with E-state index in [-0.39, 0.29) is 25.0 Å². The molecule has 2 N–H and O–H groups in total. The first-order valence-corrected chi connectivity index (χ1v) is 6.27. The molecule has 0 bridgehead atoms. The van der Waals surface area contributed by atoms with E-state index in [1.165, 1.54) is 0 Å². The fourth-order valence-electron chi connectivity index (χ4n) is 1.71. The van der Waals surface area contributed by atoms with Crippen molar-refractivity contribution < 1.29 is 19.4 Å². The van der Waals surface area contributed by atoms with Gasteiger partial charge in [0.25, 0.3) is 0 Å². The predicted molar refractivity (Wildman–Crippen MR) is 70.7 cm³/mol. The number of aliphatic carboxylic acids is 1. The third-order valence-corrected chi connectivity index (χ3v) is 2.62. The van der Waals surface area contributed by atoms with Crippen molar-refractivity contribution in [3.05, 3.63) is 35.9 Å². The van der Waals surface area contributed by atoms with Crippen molar-refractivity contribution in [3.63, 3.8) is 0 Å². The SMILES string of the molecule is CCOCC(=O)NC(CCC(=O)O)c1ccccc1. The summed E-state index contributed by atoms with van der Waals surface area (Å²) in [6.45, 7) is 2.28. The zero-order chi connectivity index (χ0) is 14.1. The minimum absolute atomic E-state index is 0.00704. The van der Waals surface area contributed by atoms with Gasteiger partial charge in [-0.2, -0.15) is 0 Å². The molecule has 0 fully saturated rings. The molecule has 0 saturated carbocycles. The summed E-state index contributed by atoms with van der Waals surface area (Å²) in [5, 5.41) is 11.5. The number of ether oxygens (including phenoxy) is 1. The van der Waals surface area contributed by atoms with E-state index >= 15 is 0 Å². The van der Waals surface area contributed by atoms with Gasteiger partial charge >= 0.3 is 5.97 Å². The molecule has 0 aromatic heterocycles. The van der Waals surface area contributed by atoms with Gasteiger partial charge in [-0.1, -0.05) is 30.3 Å². The minimum Gasteiger partial charge on any atom is -0.481 e. The molecule has 1 aromatic rings. The van der Waals surface area contributed by atoms with Gasteiger partial charge in [0.05, 0.1) is 6.04 Å². The van der Waals surface area contributed by atoms with Gasteiger partial charge in [-0.05, 0) is 18.9 Å². The standard InChI is InChI=1S/C14H19NO4/c1-2-19-10-13(16)15-12(8-9-14(17)18)11-6-4-3-5-7-11/h3-7,12H,2,8-10H2,1H3,(H,15,16)(H,17,18). The minimum atomic E-state index is -0.875. The summed E-state index contributed by atoms with van der Waals surface area (Å²) in [6.07, 6.45) is 0.367. The van der Waals surface area contributed by atoms with Crippen molar-refractivity contribution in [3.8, 4) is 0 Å². The molecule has 1 rings (SSSR count). The van der Waals surface area contributed by atoms with Gasteiger partial charge < -0.3 is 15.2 Å². The zero-order valence-electron chi connectivity index (χ0n) is 11.0. The Labute approximate surface area is 112 Å². The van der Waals surface area contributed by atoms with Crippen molar-refractivity contribution in [2.45, 2.75) is 25.8 Å². The molecule has 0 radical (unpaired) electrons. The number of benzene rings is 1. The molecule has 0 aliphatic carbocycles. The molecule has 104 valence electrons. The fraction of sp³-hybridized carbons (Fsp3) is 0.429. The number of carbonyl (C=O) groups is 2. The molecule has 5 nitrogen and oxygen atoms in total. The van der Waals surface area contributed by atoms with Gasteiger partial charge in [-0.3, -0.25) is 9.59 Å². The number of nitrogens with one attached hydrogen (secondary N) is 1. The van der Waals surface area contributed by atoms with Crippen molar-refractivity contribution >= 4 is 11.9 Å². The summed E-state index contributed by atoms with van der Waals surface area (Å²) in [5.41, 5.74) is 0.897. The summed E-state index contributed by atoms with van der Waals surface area (Å²) in [5.74, 6) is -1.11. The van der Waals surface area contributed by atoms with Crippen molar-refractivity contribution in [2.75, 3.05) is 13.2 Å². The molecule has 0 heterocycles. The first-order chi connectivity index (χ1) is 9.13. The van der Waals surface area contributed by atoms with Crippen LogP contribution >= 0.6 is 0 Å². The van der Waals surface area contributed by atoms with E-state index in [0.29, 0.717) is 13.0 Å². The second-order valence-electron chi connectivity index (χ2n) is 4.10. The molecular weight excluding hydrogens is 246 g/mol. The quantitative estimate of drug-likeness (QED) is 0.750. The van der Waals surface area contributed by atoms with Gasteiger partial charge in [-0.25, -0.2) is 0 Å². The van der Waals surface area contributed by atoms with E-state index in [9.17, 15) is 9.59 Å². The van der Waals surface area contributed by atoms with E-state index in [1.54, 1.807) is 0 Å². The number of carboxylic acids is 1. The number of carboxylic acid groups (broad SMARTS) is 1. The number of hydrogen-bond acceptors (Lipinski definition) is 3. The van der Waals surface area contributed by atoms with E-state index in [2.05, 4.69) is 5.32 Å². The average Bonchev–Trinajstić information content (AvgIpc) is 2.42. The first-order valence-electron chi connectivity index (χ1n) is 6.27. The normalized spacial score (nSPS) is 11.8. The summed E-state index contributed by atoms with van der Waals surface area (Å²) < 4.78 is 5.03. The third kappa shape index (κ3) is 6.01. The fourth-order valence-corrected chi connectivity index (χ4v) is 1.71. The summed E-state index contributed by atoms with van der Waals surface area (Å²) >= 11 is 0. The molecule has 0 aliphatic rings. The van der Waals surface area contributed by atoms with Gasteiger partial charge in [0.1, 0.15) is 6.61 Å². The van der Waals surface area contributed by atoms with Gasteiger partial charge in [0.15, 0.2) is 0 Å². The smallest absolute Gasteiger partial charge is 0.303 e. The Morgan fingerprint density at radius 3 is 2.58 bits per heavy atom. The van der Waals surface area contributed by atoms with Gasteiger partial charge in [0, 0.05) is 13.0 Å². The van der Waals surface area contributed by atoms with Crippen LogP contribution in [0.25, 0.3) is 0 Å². The summed E-state index contributed by atoms with van der Waals surface area (Å²) in [4.78, 5) is 22.3. The number of rotatable bonds is 8. The lowest BCUT2D eigenvalue weighted by Crippen LogP contribution is -2.32. The lowest BCUT2D eigenvalue weighted by atomic mass is 10.0. The summed E-state index contributed by atoms with van der Waals surface area (Å²) in [7, 11) is 0. The van der Waals surface area contributed by atoms with Crippen LogP contribution < -0.4 is 5.32 Å². The van der Waals surface area contributed by atoms with E-state index in [1.807, 2.05) is 37.3 Å². The number of hydrogen-bond donors (Lipinski definition) is 2. The van der Waals surface area contributed by atoms with Crippen LogP contribution in [0, 0.1) is 0 Å². The lowest BCUT2D eigenvalue weighted by molar-refractivity contribution is -0.137. The molecule has 0 spiro atoms. The molecule has 1 atom stereocenters. The van der Waals surface area contributed by atoms with Crippen molar-refractivity contribution in [1.29, 1.82) is 0 Å². The largest absolute Gasteiger partial charge is 0.481 e. The Hall–Kier alpha value is -1.88. The topological polar surface area (TPSA) is 75.6 Å². The number of amides is 1. The molecule has 0 saturated heterocycles. The second kappa shape index (κ2) is 8.26. The van der Waals surface area contributed by atoms with Gasteiger partial charge in [0.2, 0.25) is 5.91 Å². The number of carbonyl (C=O) groups excluding carboxylic acids is 1. The van der Waals surface area contributed by atoms with Crippen LogP contribution in [0.4, 0.5) is 0 Å². The molecule has 0 aliphatic heterocycles. The maximum absolute atomic E-state index is 11.6. The predicted octanol–water partition coefficient (Wildman–Crippen LogP) is 1.75. The molecular formula is C14H19NO4. The Bertz CT molecular complexity index is 405. The average molecular weight is 265 g/mol. The van der Waals surface area contributed by atoms with Crippen LogP contribution in [0.2, 0.25) is 0 Å². The van der Waals surface area contributed by atoms with Gasteiger partial charge in [-0.15, -0.1) is 0 Å². The maximum atomic E-state index is 11.6. The Morgan fingerprint density at radius 2 is 2.00 bits per heavy atom. The first kappa shape index (κ1) is 15.2. The molecule has 1 aromatic carbocycles. The molecule has 1 unspecified atom stereocenters. The Kier molecular flexibility index (Phi) is 6.60. The van der Waals surface area contributed by atoms with E-state index < -0.39 is 5.97 Å². The van der Waals surface area contributed by atoms with Crippen molar-refractivity contribution in [2.24, 2.45) is 0 Å². The lowest BCUT2D eigenvalue weighted by Gasteiger charge is -2.18. The monoisotopic (exact) mass is 265 g/mol.